The first-order valence-electron chi connectivity index (χ1n) is 6.64. The molecule has 1 aromatic rings. The van der Waals surface area contributed by atoms with Gasteiger partial charge < -0.3 is 4.90 Å². The minimum absolute atomic E-state index is 0.248. The fraction of sp³-hybridized carbons (Fsp3) is 0.533. The number of benzene rings is 1. The Morgan fingerprint density at radius 3 is 2.33 bits per heavy atom. The number of hydrogen-bond donors (Lipinski definition) is 0. The highest BCUT2D eigenvalue weighted by atomic mass is 16.1. The van der Waals surface area contributed by atoms with E-state index in [9.17, 15) is 4.79 Å². The fourth-order valence-electron chi connectivity index (χ4n) is 2.54. The van der Waals surface area contributed by atoms with Crippen LogP contribution in [0.15, 0.2) is 30.3 Å². The van der Waals surface area contributed by atoms with Gasteiger partial charge in [0.05, 0.1) is 0 Å². The molecular weight excluding hydrogens is 224 g/mol. The minimum Gasteiger partial charge on any atom is -0.304 e. The Labute approximate surface area is 109 Å². The summed E-state index contributed by atoms with van der Waals surface area (Å²) >= 11 is 0. The predicted molar refractivity (Wildman–Crippen MR) is 73.6 cm³/mol. The van der Waals surface area contributed by atoms with Gasteiger partial charge in [0.1, 0.15) is 5.78 Å². The maximum atomic E-state index is 11.5. The van der Waals surface area contributed by atoms with Crippen LogP contribution in [0.25, 0.3) is 0 Å². The number of piperazine rings is 1. The van der Waals surface area contributed by atoms with E-state index in [4.69, 9.17) is 0 Å². The molecule has 1 atom stereocenters. The van der Waals surface area contributed by atoms with Crippen LogP contribution in [0.2, 0.25) is 0 Å². The van der Waals surface area contributed by atoms with Crippen LogP contribution in [-0.2, 0) is 4.79 Å². The van der Waals surface area contributed by atoms with Crippen LogP contribution in [0.4, 0.5) is 0 Å². The summed E-state index contributed by atoms with van der Waals surface area (Å²) in [7, 11) is 2.15. The summed E-state index contributed by atoms with van der Waals surface area (Å²) in [6.07, 6.45) is 0.619. The van der Waals surface area contributed by atoms with Gasteiger partial charge in [-0.1, -0.05) is 30.3 Å². The van der Waals surface area contributed by atoms with Crippen molar-refractivity contribution in [2.45, 2.75) is 19.4 Å². The highest BCUT2D eigenvalue weighted by Gasteiger charge is 2.24. The molecular formula is C15H22N2O. The van der Waals surface area contributed by atoms with Crippen molar-refractivity contribution in [3.8, 4) is 0 Å². The van der Waals surface area contributed by atoms with Crippen LogP contribution < -0.4 is 0 Å². The molecule has 2 rings (SSSR count). The Kier molecular flexibility index (Phi) is 4.50. The van der Waals surface area contributed by atoms with E-state index in [1.165, 1.54) is 5.56 Å². The third kappa shape index (κ3) is 3.40. The molecule has 3 heteroatoms. The van der Waals surface area contributed by atoms with Gasteiger partial charge in [-0.15, -0.1) is 0 Å². The summed E-state index contributed by atoms with van der Waals surface area (Å²) in [4.78, 5) is 16.3. The van der Waals surface area contributed by atoms with Crippen LogP contribution in [0, 0.1) is 0 Å². The summed E-state index contributed by atoms with van der Waals surface area (Å²) in [5, 5.41) is 0. The number of nitrogens with zero attached hydrogens (tertiary/aromatic N) is 2. The molecule has 3 nitrogen and oxygen atoms in total. The number of carbonyl (C=O) groups is 1. The van der Waals surface area contributed by atoms with Gasteiger partial charge in [-0.2, -0.15) is 0 Å². The second kappa shape index (κ2) is 6.12. The summed E-state index contributed by atoms with van der Waals surface area (Å²) in [6.45, 7) is 5.95. The molecule has 0 aliphatic carbocycles. The van der Waals surface area contributed by atoms with Crippen molar-refractivity contribution >= 4 is 5.78 Å². The van der Waals surface area contributed by atoms with Gasteiger partial charge in [-0.25, -0.2) is 0 Å². The molecule has 1 heterocycles. The topological polar surface area (TPSA) is 23.6 Å². The van der Waals surface area contributed by atoms with E-state index in [2.05, 4.69) is 41.1 Å². The second-order valence-electron chi connectivity index (χ2n) is 5.17. The van der Waals surface area contributed by atoms with Gasteiger partial charge >= 0.3 is 0 Å². The Morgan fingerprint density at radius 2 is 1.78 bits per heavy atom. The molecule has 1 aliphatic rings. The summed E-state index contributed by atoms with van der Waals surface area (Å²) in [5.74, 6) is 0.266. The first-order chi connectivity index (χ1) is 8.66. The number of hydrogen-bond acceptors (Lipinski definition) is 3. The average Bonchev–Trinajstić information content (AvgIpc) is 2.38. The van der Waals surface area contributed by atoms with E-state index in [-0.39, 0.29) is 11.8 Å². The lowest BCUT2D eigenvalue weighted by Crippen LogP contribution is -2.46. The van der Waals surface area contributed by atoms with Gasteiger partial charge in [0.15, 0.2) is 0 Å². The summed E-state index contributed by atoms with van der Waals surface area (Å²) < 4.78 is 0. The van der Waals surface area contributed by atoms with Crippen LogP contribution in [0.1, 0.15) is 24.9 Å². The molecule has 0 aromatic heterocycles. The maximum Gasteiger partial charge on any atom is 0.131 e. The van der Waals surface area contributed by atoms with Crippen LogP contribution >= 0.6 is 0 Å². The SMILES string of the molecule is CC(=O)CC(c1ccccc1)N1CCN(C)CC1. The van der Waals surface area contributed by atoms with Gasteiger partial charge in [0, 0.05) is 38.6 Å². The Morgan fingerprint density at radius 1 is 1.17 bits per heavy atom. The highest BCUT2D eigenvalue weighted by Crippen LogP contribution is 2.25. The zero-order valence-electron chi connectivity index (χ0n) is 11.3. The first kappa shape index (κ1) is 13.2. The standard InChI is InChI=1S/C15H22N2O/c1-13(18)12-15(14-6-4-3-5-7-14)17-10-8-16(2)9-11-17/h3-7,15H,8-12H2,1-2H3. The molecule has 1 fully saturated rings. The average molecular weight is 246 g/mol. The number of Topliss-reactive ketones (excluding diaryl/α,β-unsaturated/α-hetero) is 1. The molecule has 0 saturated carbocycles. The Hall–Kier alpha value is -1.19. The Bertz CT molecular complexity index is 383. The Balaban J connectivity index is 2.12. The van der Waals surface area contributed by atoms with Crippen molar-refractivity contribution in [3.63, 3.8) is 0 Å². The van der Waals surface area contributed by atoms with Gasteiger partial charge in [-0.05, 0) is 19.5 Å². The van der Waals surface area contributed by atoms with Gasteiger partial charge in [0.2, 0.25) is 0 Å². The van der Waals surface area contributed by atoms with Crippen molar-refractivity contribution in [2.24, 2.45) is 0 Å². The van der Waals surface area contributed by atoms with Crippen molar-refractivity contribution < 1.29 is 4.79 Å². The quantitative estimate of drug-likeness (QED) is 0.811. The molecule has 1 unspecified atom stereocenters. The molecule has 0 amide bonds. The normalized spacial score (nSPS) is 19.7. The first-order valence-corrected chi connectivity index (χ1v) is 6.64. The van der Waals surface area contributed by atoms with Crippen LogP contribution in [0.5, 0.6) is 0 Å². The molecule has 0 N–H and O–H groups in total. The van der Waals surface area contributed by atoms with Crippen molar-refractivity contribution in [1.82, 2.24) is 9.80 Å². The van der Waals surface area contributed by atoms with E-state index < -0.39 is 0 Å². The van der Waals surface area contributed by atoms with E-state index in [0.29, 0.717) is 6.42 Å². The van der Waals surface area contributed by atoms with Crippen molar-refractivity contribution in [1.29, 1.82) is 0 Å². The van der Waals surface area contributed by atoms with Gasteiger partial charge in [0.25, 0.3) is 0 Å². The number of likely N-dealkylation sites (N-methyl/N-ethyl adjacent to an activating group) is 1. The number of ketones is 1. The lowest BCUT2D eigenvalue weighted by atomic mass is 9.99. The van der Waals surface area contributed by atoms with Gasteiger partial charge in [-0.3, -0.25) is 9.69 Å². The van der Waals surface area contributed by atoms with Crippen molar-refractivity contribution in [3.05, 3.63) is 35.9 Å². The summed E-state index contributed by atoms with van der Waals surface area (Å²) in [5.41, 5.74) is 1.26. The summed E-state index contributed by atoms with van der Waals surface area (Å²) in [6, 6.07) is 10.6. The van der Waals surface area contributed by atoms with E-state index in [1.807, 2.05) is 6.07 Å². The molecule has 18 heavy (non-hydrogen) atoms. The molecule has 0 spiro atoms. The van der Waals surface area contributed by atoms with E-state index in [0.717, 1.165) is 26.2 Å². The largest absolute Gasteiger partial charge is 0.304 e. The van der Waals surface area contributed by atoms with Crippen LogP contribution in [-0.4, -0.2) is 48.8 Å². The molecule has 0 bridgehead atoms. The molecule has 1 saturated heterocycles. The van der Waals surface area contributed by atoms with E-state index >= 15 is 0 Å². The maximum absolute atomic E-state index is 11.5. The highest BCUT2D eigenvalue weighted by molar-refractivity contribution is 5.76. The second-order valence-corrected chi connectivity index (χ2v) is 5.17. The number of rotatable bonds is 4. The molecule has 98 valence electrons. The molecule has 1 aromatic carbocycles. The van der Waals surface area contributed by atoms with E-state index in [1.54, 1.807) is 6.92 Å². The number of carbonyl (C=O) groups excluding carboxylic acids is 1. The predicted octanol–water partition coefficient (Wildman–Crippen LogP) is 1.95. The minimum atomic E-state index is 0.248. The fourth-order valence-corrected chi connectivity index (χ4v) is 2.54. The third-order valence-corrected chi connectivity index (χ3v) is 3.64. The lowest BCUT2D eigenvalue weighted by Gasteiger charge is -2.38. The molecule has 0 radical (unpaired) electrons. The monoisotopic (exact) mass is 246 g/mol. The zero-order valence-corrected chi connectivity index (χ0v) is 11.3. The zero-order chi connectivity index (χ0) is 13.0. The van der Waals surface area contributed by atoms with Crippen LogP contribution in [0.3, 0.4) is 0 Å². The molecule has 1 aliphatic heterocycles. The lowest BCUT2D eigenvalue weighted by molar-refractivity contribution is -0.118. The van der Waals surface area contributed by atoms with Crippen molar-refractivity contribution in [2.75, 3.05) is 33.2 Å². The third-order valence-electron chi connectivity index (χ3n) is 3.64. The smallest absolute Gasteiger partial charge is 0.131 e.